The van der Waals surface area contributed by atoms with Gasteiger partial charge in [-0.05, 0) is 11.6 Å². The minimum atomic E-state index is -0.962. The Morgan fingerprint density at radius 3 is 2.48 bits per heavy atom. The van der Waals surface area contributed by atoms with E-state index in [1.165, 1.54) is 31.9 Å². The van der Waals surface area contributed by atoms with Gasteiger partial charge in [0.25, 0.3) is 0 Å². The molecular formula is C15H16Cl2N4O6. The van der Waals surface area contributed by atoms with Crippen molar-refractivity contribution in [2.24, 2.45) is 0 Å². The first-order chi connectivity index (χ1) is 12.8. The van der Waals surface area contributed by atoms with E-state index in [4.69, 9.17) is 42.1 Å². The molecule has 146 valence electrons. The van der Waals surface area contributed by atoms with Crippen LogP contribution in [0.15, 0.2) is 6.33 Å². The molecule has 2 aromatic heterocycles. The van der Waals surface area contributed by atoms with Gasteiger partial charge in [-0.2, -0.15) is 4.98 Å². The summed E-state index contributed by atoms with van der Waals surface area (Å²) in [6.07, 6.45) is -2.02. The highest BCUT2D eigenvalue weighted by Gasteiger charge is 2.50. The molecule has 0 amide bonds. The predicted octanol–water partition coefficient (Wildman–Crippen LogP) is 1.54. The molecule has 0 aromatic carbocycles. The van der Waals surface area contributed by atoms with Gasteiger partial charge in [0.2, 0.25) is 5.28 Å². The van der Waals surface area contributed by atoms with Gasteiger partial charge < -0.3 is 18.9 Å². The van der Waals surface area contributed by atoms with E-state index in [0.717, 1.165) is 0 Å². The largest absolute Gasteiger partial charge is 0.456 e. The molecule has 3 rings (SSSR count). The summed E-state index contributed by atoms with van der Waals surface area (Å²) >= 11 is 11.9. The molecule has 3 heterocycles. The summed E-state index contributed by atoms with van der Waals surface area (Å²) in [5, 5.41) is -0.0166. The zero-order chi connectivity index (χ0) is 19.7. The number of fused-ring (bicyclic) bond motifs is 1. The second kappa shape index (κ2) is 7.93. The van der Waals surface area contributed by atoms with Crippen molar-refractivity contribution < 1.29 is 28.5 Å². The fourth-order valence-electron chi connectivity index (χ4n) is 2.92. The van der Waals surface area contributed by atoms with Crippen molar-refractivity contribution in [3.05, 3.63) is 16.8 Å². The summed E-state index contributed by atoms with van der Waals surface area (Å²) in [5.74, 6) is -1.12. The van der Waals surface area contributed by atoms with Gasteiger partial charge in [-0.15, -0.1) is 0 Å². The lowest BCUT2D eigenvalue weighted by molar-refractivity contribution is -0.165. The van der Waals surface area contributed by atoms with E-state index in [2.05, 4.69) is 15.0 Å². The Hall–Kier alpha value is -2.01. The molecular weight excluding hydrogens is 403 g/mol. The normalized spacial score (nSPS) is 24.9. The second-order valence-corrected chi connectivity index (χ2v) is 6.47. The number of esters is 2. The average molecular weight is 419 g/mol. The van der Waals surface area contributed by atoms with E-state index >= 15 is 0 Å². The number of aromatic nitrogens is 4. The number of imidazole rings is 1. The van der Waals surface area contributed by atoms with Crippen molar-refractivity contribution in [3.63, 3.8) is 0 Å². The Balaban J connectivity index is 2.06. The summed E-state index contributed by atoms with van der Waals surface area (Å²) in [5.41, 5.74) is 0.576. The summed E-state index contributed by atoms with van der Waals surface area (Å²) in [7, 11) is 1.47. The molecule has 0 saturated carbocycles. The van der Waals surface area contributed by atoms with Crippen molar-refractivity contribution in [2.45, 2.75) is 38.4 Å². The van der Waals surface area contributed by atoms with Crippen LogP contribution in [-0.4, -0.2) is 63.5 Å². The summed E-state index contributed by atoms with van der Waals surface area (Å²) in [6, 6.07) is 0. The summed E-state index contributed by atoms with van der Waals surface area (Å²) in [6.45, 7) is 2.60. The lowest BCUT2D eigenvalue weighted by Gasteiger charge is -2.23. The number of carbonyl (C=O) groups excluding carboxylic acids is 2. The van der Waals surface area contributed by atoms with E-state index in [9.17, 15) is 9.59 Å². The summed E-state index contributed by atoms with van der Waals surface area (Å²) in [4.78, 5) is 35.3. The van der Waals surface area contributed by atoms with Crippen LogP contribution in [0.3, 0.4) is 0 Å². The van der Waals surface area contributed by atoms with Crippen LogP contribution in [0.4, 0.5) is 0 Å². The highest BCUT2D eigenvalue weighted by Crippen LogP contribution is 2.36. The molecule has 1 fully saturated rings. The van der Waals surface area contributed by atoms with Gasteiger partial charge in [-0.25, -0.2) is 9.97 Å². The van der Waals surface area contributed by atoms with E-state index < -0.39 is 36.5 Å². The lowest BCUT2D eigenvalue weighted by atomic mass is 10.1. The number of carbonyl (C=O) groups is 2. The van der Waals surface area contributed by atoms with Crippen LogP contribution in [0.1, 0.15) is 20.1 Å². The van der Waals surface area contributed by atoms with Gasteiger partial charge in [-0.1, -0.05) is 11.6 Å². The third-order valence-electron chi connectivity index (χ3n) is 3.85. The quantitative estimate of drug-likeness (QED) is 0.404. The van der Waals surface area contributed by atoms with Crippen LogP contribution in [0, 0.1) is 0 Å². The third kappa shape index (κ3) is 3.98. The number of hydrogen-bond acceptors (Lipinski definition) is 9. The van der Waals surface area contributed by atoms with E-state index in [1.54, 1.807) is 0 Å². The number of hydrogen-bond donors (Lipinski definition) is 0. The van der Waals surface area contributed by atoms with Gasteiger partial charge in [0, 0.05) is 21.0 Å². The lowest BCUT2D eigenvalue weighted by Crippen LogP contribution is -2.40. The fraction of sp³-hybridized carbons (Fsp3) is 0.533. The van der Waals surface area contributed by atoms with Gasteiger partial charge in [-0.3, -0.25) is 14.2 Å². The number of ether oxygens (including phenoxy) is 4. The highest BCUT2D eigenvalue weighted by atomic mass is 35.5. The zero-order valence-electron chi connectivity index (χ0n) is 14.6. The van der Waals surface area contributed by atoms with Crippen LogP contribution < -0.4 is 0 Å². The predicted molar refractivity (Wildman–Crippen MR) is 92.2 cm³/mol. The molecule has 0 radical (unpaired) electrons. The molecule has 12 heteroatoms. The number of halogens is 2. The molecule has 0 bridgehead atoms. The minimum Gasteiger partial charge on any atom is -0.456 e. The van der Waals surface area contributed by atoms with Gasteiger partial charge in [0.15, 0.2) is 29.2 Å². The second-order valence-electron chi connectivity index (χ2n) is 5.78. The molecule has 0 N–H and O–H groups in total. The van der Waals surface area contributed by atoms with Crippen molar-refractivity contribution in [1.82, 2.24) is 19.5 Å². The molecule has 10 nitrogen and oxygen atoms in total. The Bertz CT molecular complexity index is 875. The Kier molecular flexibility index (Phi) is 5.80. The maximum atomic E-state index is 11.6. The number of nitrogens with zero attached hydrogens (tertiary/aromatic N) is 4. The molecule has 27 heavy (non-hydrogen) atoms. The molecule has 2 aromatic rings. The number of rotatable bonds is 5. The Labute approximate surface area is 163 Å². The SMILES string of the molecule is COC[C@H]1O[C@@H](n2cnc3c(Cl)nc(Cl)nc32)[C@H](OC(C)=O)[C@@H]1OC(C)=O. The van der Waals surface area contributed by atoms with E-state index in [1.807, 2.05) is 0 Å². The Morgan fingerprint density at radius 1 is 1.19 bits per heavy atom. The van der Waals surface area contributed by atoms with Gasteiger partial charge in [0.05, 0.1) is 12.9 Å². The highest BCUT2D eigenvalue weighted by molar-refractivity contribution is 6.35. The molecule has 0 unspecified atom stereocenters. The maximum Gasteiger partial charge on any atom is 0.303 e. The zero-order valence-corrected chi connectivity index (χ0v) is 16.1. The van der Waals surface area contributed by atoms with Crippen LogP contribution in [0.5, 0.6) is 0 Å². The number of methoxy groups -OCH3 is 1. The van der Waals surface area contributed by atoms with Gasteiger partial charge in [0.1, 0.15) is 11.6 Å². The van der Waals surface area contributed by atoms with Crippen LogP contribution in [0.25, 0.3) is 11.2 Å². The standard InChI is InChI=1S/C15H16Cl2N4O6/c1-6(22)25-10-8(4-24-3)27-14(11(10)26-7(2)23)21-5-18-9-12(16)19-15(17)20-13(9)21/h5,8,10-11,14H,4H2,1-3H3/t8-,10-,11-,14-/m1/s1. The summed E-state index contributed by atoms with van der Waals surface area (Å²) < 4.78 is 23.3. The van der Waals surface area contributed by atoms with Crippen molar-refractivity contribution in [1.29, 1.82) is 0 Å². The van der Waals surface area contributed by atoms with E-state index in [-0.39, 0.29) is 22.7 Å². The van der Waals surface area contributed by atoms with Gasteiger partial charge >= 0.3 is 11.9 Å². The van der Waals surface area contributed by atoms with Crippen molar-refractivity contribution >= 4 is 46.3 Å². The van der Waals surface area contributed by atoms with E-state index in [0.29, 0.717) is 5.52 Å². The minimum absolute atomic E-state index is 0.0655. The molecule has 1 saturated heterocycles. The first-order valence-corrected chi connectivity index (χ1v) is 8.61. The molecule has 4 atom stereocenters. The van der Waals surface area contributed by atoms with Crippen LogP contribution >= 0.6 is 23.2 Å². The third-order valence-corrected chi connectivity index (χ3v) is 4.28. The average Bonchev–Trinajstić information content (AvgIpc) is 3.10. The first-order valence-electron chi connectivity index (χ1n) is 7.86. The van der Waals surface area contributed by atoms with Crippen molar-refractivity contribution in [2.75, 3.05) is 13.7 Å². The molecule has 0 spiro atoms. The Morgan fingerprint density at radius 2 is 1.85 bits per heavy atom. The van der Waals surface area contributed by atoms with Crippen molar-refractivity contribution in [3.8, 4) is 0 Å². The monoisotopic (exact) mass is 418 g/mol. The molecule has 1 aliphatic rings. The maximum absolute atomic E-state index is 11.6. The topological polar surface area (TPSA) is 115 Å². The molecule has 0 aliphatic carbocycles. The van der Waals surface area contributed by atoms with Crippen LogP contribution in [0.2, 0.25) is 10.4 Å². The smallest absolute Gasteiger partial charge is 0.303 e. The molecule has 1 aliphatic heterocycles. The fourth-order valence-corrected chi connectivity index (χ4v) is 3.35. The van der Waals surface area contributed by atoms with Crippen LogP contribution in [-0.2, 0) is 28.5 Å². The first kappa shape index (κ1) is 19.7.